The number of hydrogen-bond acceptors (Lipinski definition) is 5. The Labute approximate surface area is 169 Å². The number of likely N-dealkylation sites (tertiary alicyclic amines) is 1. The lowest BCUT2D eigenvalue weighted by atomic mass is 9.95. The average molecular weight is 424 g/mol. The molecule has 8 nitrogen and oxygen atoms in total. The largest absolute Gasteiger partial charge is 0.454 e. The zero-order valence-corrected chi connectivity index (χ0v) is 15.8. The first-order valence-electron chi connectivity index (χ1n) is 9.38. The van der Waals surface area contributed by atoms with Gasteiger partial charge in [0.2, 0.25) is 18.6 Å². The van der Waals surface area contributed by atoms with Crippen LogP contribution >= 0.6 is 0 Å². The number of fused-ring (bicyclic) bond motifs is 1. The highest BCUT2D eigenvalue weighted by molar-refractivity contribution is 5.93. The van der Waals surface area contributed by atoms with Crippen molar-refractivity contribution in [2.45, 2.75) is 25.6 Å². The Morgan fingerprint density at radius 3 is 2.57 bits per heavy atom. The fourth-order valence-corrected chi connectivity index (χ4v) is 3.45. The molecule has 1 fully saturated rings. The van der Waals surface area contributed by atoms with Crippen LogP contribution in [-0.4, -0.2) is 46.4 Å². The fourth-order valence-electron chi connectivity index (χ4n) is 3.45. The maximum Gasteiger partial charge on any atom is 0.435 e. The van der Waals surface area contributed by atoms with Crippen LogP contribution < -0.4 is 14.8 Å². The van der Waals surface area contributed by atoms with Crippen molar-refractivity contribution in [1.29, 1.82) is 0 Å². The Morgan fingerprint density at radius 1 is 1.13 bits per heavy atom. The van der Waals surface area contributed by atoms with Gasteiger partial charge in [-0.2, -0.15) is 18.3 Å². The second-order valence-corrected chi connectivity index (χ2v) is 7.11. The van der Waals surface area contributed by atoms with Crippen molar-refractivity contribution in [1.82, 2.24) is 14.7 Å². The molecule has 0 spiro atoms. The van der Waals surface area contributed by atoms with Gasteiger partial charge in [-0.25, -0.2) is 0 Å². The first-order valence-corrected chi connectivity index (χ1v) is 9.38. The van der Waals surface area contributed by atoms with Crippen LogP contribution in [0.2, 0.25) is 0 Å². The fraction of sp³-hybridized carbons (Fsp3) is 0.421. The topological polar surface area (TPSA) is 85.7 Å². The number of anilines is 1. The molecule has 0 saturated carbocycles. The predicted molar refractivity (Wildman–Crippen MR) is 97.7 cm³/mol. The summed E-state index contributed by atoms with van der Waals surface area (Å²) in [5.74, 6) is 0.449. The number of piperidine rings is 1. The number of halogens is 3. The highest BCUT2D eigenvalue weighted by atomic mass is 19.4. The second kappa shape index (κ2) is 7.88. The molecule has 0 aliphatic carbocycles. The second-order valence-electron chi connectivity index (χ2n) is 7.11. The summed E-state index contributed by atoms with van der Waals surface area (Å²) in [5.41, 5.74) is -0.434. The van der Waals surface area contributed by atoms with Crippen LogP contribution in [-0.2, 0) is 22.3 Å². The molecule has 3 heterocycles. The van der Waals surface area contributed by atoms with Gasteiger partial charge in [0.25, 0.3) is 0 Å². The summed E-state index contributed by atoms with van der Waals surface area (Å²) in [5, 5.41) is 6.24. The molecule has 4 rings (SSSR count). The smallest absolute Gasteiger partial charge is 0.435 e. The highest BCUT2D eigenvalue weighted by Crippen LogP contribution is 2.34. The van der Waals surface area contributed by atoms with Crippen molar-refractivity contribution >= 4 is 17.5 Å². The first-order chi connectivity index (χ1) is 14.3. The molecule has 11 heteroatoms. The Hall–Kier alpha value is -3.24. The van der Waals surface area contributed by atoms with Gasteiger partial charge in [-0.05, 0) is 31.0 Å². The van der Waals surface area contributed by atoms with Crippen LogP contribution in [0.3, 0.4) is 0 Å². The zero-order valence-electron chi connectivity index (χ0n) is 15.8. The third-order valence-electron chi connectivity index (χ3n) is 5.09. The van der Waals surface area contributed by atoms with Crippen molar-refractivity contribution in [2.24, 2.45) is 5.92 Å². The summed E-state index contributed by atoms with van der Waals surface area (Å²) in [7, 11) is 0. The van der Waals surface area contributed by atoms with Crippen molar-refractivity contribution in [3.8, 4) is 11.5 Å². The van der Waals surface area contributed by atoms with E-state index >= 15 is 0 Å². The minimum absolute atomic E-state index is 0.148. The molecule has 160 valence electrons. The van der Waals surface area contributed by atoms with Crippen LogP contribution in [0.5, 0.6) is 11.5 Å². The van der Waals surface area contributed by atoms with Gasteiger partial charge in [0.05, 0.1) is 0 Å². The van der Waals surface area contributed by atoms with E-state index in [9.17, 15) is 22.8 Å². The van der Waals surface area contributed by atoms with E-state index < -0.39 is 11.9 Å². The predicted octanol–water partition coefficient (Wildman–Crippen LogP) is 2.51. The zero-order chi connectivity index (χ0) is 21.3. The number of ether oxygens (including phenoxy) is 2. The minimum Gasteiger partial charge on any atom is -0.454 e. The lowest BCUT2D eigenvalue weighted by Gasteiger charge is -2.31. The van der Waals surface area contributed by atoms with Crippen LogP contribution in [0.4, 0.5) is 18.9 Å². The number of carbonyl (C=O) groups is 2. The Bertz CT molecular complexity index is 951. The molecule has 0 atom stereocenters. The average Bonchev–Trinajstić information content (AvgIpc) is 3.37. The van der Waals surface area contributed by atoms with Crippen LogP contribution in [0.25, 0.3) is 0 Å². The summed E-state index contributed by atoms with van der Waals surface area (Å²) in [6.07, 6.45) is -2.48. The molecule has 2 aromatic rings. The number of hydrogen-bond donors (Lipinski definition) is 1. The van der Waals surface area contributed by atoms with E-state index in [0.29, 0.717) is 43.1 Å². The third kappa shape index (κ3) is 4.34. The van der Waals surface area contributed by atoms with E-state index in [-0.39, 0.29) is 31.1 Å². The first kappa shape index (κ1) is 20.0. The van der Waals surface area contributed by atoms with E-state index in [1.54, 1.807) is 23.1 Å². The Morgan fingerprint density at radius 2 is 1.87 bits per heavy atom. The summed E-state index contributed by atoms with van der Waals surface area (Å²) in [6.45, 7) is 0.580. The van der Waals surface area contributed by atoms with Crippen molar-refractivity contribution in [2.75, 3.05) is 25.2 Å². The normalized spacial score (nSPS) is 16.6. The number of carbonyl (C=O) groups excluding carboxylic acids is 2. The molecule has 1 saturated heterocycles. The van der Waals surface area contributed by atoms with Crippen molar-refractivity contribution in [3.63, 3.8) is 0 Å². The maximum absolute atomic E-state index is 12.6. The molecular weight excluding hydrogens is 405 g/mol. The lowest BCUT2D eigenvalue weighted by molar-refractivity contribution is -0.142. The van der Waals surface area contributed by atoms with Gasteiger partial charge >= 0.3 is 6.18 Å². The number of aromatic nitrogens is 2. The molecule has 2 amide bonds. The van der Waals surface area contributed by atoms with Crippen LogP contribution in [0.15, 0.2) is 30.5 Å². The minimum atomic E-state index is -4.54. The molecule has 2 aliphatic heterocycles. The number of alkyl halides is 3. The molecule has 0 radical (unpaired) electrons. The van der Waals surface area contributed by atoms with Crippen molar-refractivity contribution in [3.05, 3.63) is 36.2 Å². The van der Waals surface area contributed by atoms with E-state index in [0.717, 1.165) is 16.9 Å². The monoisotopic (exact) mass is 424 g/mol. The quantitative estimate of drug-likeness (QED) is 0.815. The Kier molecular flexibility index (Phi) is 5.27. The van der Waals surface area contributed by atoms with E-state index in [1.807, 2.05) is 0 Å². The number of rotatable bonds is 4. The summed E-state index contributed by atoms with van der Waals surface area (Å²) in [4.78, 5) is 26.4. The molecule has 0 unspecified atom stereocenters. The molecule has 2 aliphatic rings. The van der Waals surface area contributed by atoms with Gasteiger partial charge in [0, 0.05) is 37.0 Å². The number of nitrogens with one attached hydrogen (secondary N) is 1. The number of amides is 2. The number of nitrogens with zero attached hydrogens (tertiary/aromatic N) is 3. The molecule has 1 aromatic heterocycles. The van der Waals surface area contributed by atoms with Gasteiger partial charge in [0.1, 0.15) is 6.54 Å². The summed E-state index contributed by atoms with van der Waals surface area (Å²) >= 11 is 0. The number of benzene rings is 1. The molecule has 0 bridgehead atoms. The standard InChI is InChI=1S/C19H19F3N4O4/c20-19(21,22)16-5-8-26(24-16)10-17(27)25-6-3-12(4-7-25)18(28)23-13-1-2-14-15(9-13)30-11-29-14/h1-2,5,8-9,12H,3-4,6-7,10-11H2,(H,23,28). The van der Waals surface area contributed by atoms with E-state index in [1.165, 1.54) is 0 Å². The molecular formula is C19H19F3N4O4. The summed E-state index contributed by atoms with van der Waals surface area (Å²) < 4.78 is 49.3. The van der Waals surface area contributed by atoms with Gasteiger partial charge in [0.15, 0.2) is 17.2 Å². The van der Waals surface area contributed by atoms with Gasteiger partial charge in [-0.15, -0.1) is 0 Å². The third-order valence-corrected chi connectivity index (χ3v) is 5.09. The van der Waals surface area contributed by atoms with Gasteiger partial charge < -0.3 is 19.7 Å². The molecule has 1 N–H and O–H groups in total. The van der Waals surface area contributed by atoms with E-state index in [2.05, 4.69) is 10.4 Å². The van der Waals surface area contributed by atoms with Crippen LogP contribution in [0, 0.1) is 5.92 Å². The van der Waals surface area contributed by atoms with Crippen molar-refractivity contribution < 1.29 is 32.2 Å². The van der Waals surface area contributed by atoms with Gasteiger partial charge in [-0.3, -0.25) is 14.3 Å². The summed E-state index contributed by atoms with van der Waals surface area (Å²) in [6, 6.07) is 5.97. The lowest BCUT2D eigenvalue weighted by Crippen LogP contribution is -2.42. The SMILES string of the molecule is O=C(Nc1ccc2c(c1)OCO2)C1CCN(C(=O)Cn2ccc(C(F)(F)F)n2)CC1. The van der Waals surface area contributed by atoms with Crippen LogP contribution in [0.1, 0.15) is 18.5 Å². The Balaban J connectivity index is 1.27. The molecule has 1 aromatic carbocycles. The van der Waals surface area contributed by atoms with E-state index in [4.69, 9.17) is 9.47 Å². The van der Waals surface area contributed by atoms with Gasteiger partial charge in [-0.1, -0.05) is 0 Å². The highest BCUT2D eigenvalue weighted by Gasteiger charge is 2.34. The maximum atomic E-state index is 12.6. The molecule has 30 heavy (non-hydrogen) atoms.